The van der Waals surface area contributed by atoms with Crippen molar-refractivity contribution in [2.24, 2.45) is 0 Å². The number of hydrogen-bond acceptors (Lipinski definition) is 6. The summed E-state index contributed by atoms with van der Waals surface area (Å²) in [5.74, 6) is -0.200. The van der Waals surface area contributed by atoms with E-state index >= 15 is 0 Å². The Bertz CT molecular complexity index is 278. The van der Waals surface area contributed by atoms with Crippen LogP contribution in [0.25, 0.3) is 0 Å². The smallest absolute Gasteiger partial charge is 0.305 e. The first-order valence-electron chi connectivity index (χ1n) is 9.40. The molecule has 0 spiro atoms. The van der Waals surface area contributed by atoms with E-state index in [0.717, 1.165) is 25.7 Å². The first kappa shape index (κ1) is 26.1. The molecule has 6 nitrogen and oxygen atoms in total. The molecule has 0 rings (SSSR count). The number of aliphatic hydroxyl groups excluding tert-OH is 2. The Balaban J connectivity index is 0. The Labute approximate surface area is 152 Å². The van der Waals surface area contributed by atoms with E-state index in [1.807, 2.05) is 0 Å². The third-order valence-corrected chi connectivity index (χ3v) is 3.73. The van der Waals surface area contributed by atoms with Crippen molar-refractivity contribution in [3.8, 4) is 0 Å². The van der Waals surface area contributed by atoms with Gasteiger partial charge in [-0.05, 0) is 19.8 Å². The number of ether oxygens (including phenoxy) is 2. The molecular formula is C19H38O6. The van der Waals surface area contributed by atoms with E-state index in [4.69, 9.17) is 10.2 Å². The van der Waals surface area contributed by atoms with Crippen LogP contribution in [0.4, 0.5) is 0 Å². The van der Waals surface area contributed by atoms with Gasteiger partial charge in [0.05, 0.1) is 26.9 Å². The molecule has 0 bridgehead atoms. The fourth-order valence-electron chi connectivity index (χ4n) is 2.16. The van der Waals surface area contributed by atoms with Gasteiger partial charge in [0.25, 0.3) is 0 Å². The number of methoxy groups -OCH3 is 2. The summed E-state index contributed by atoms with van der Waals surface area (Å²) in [6, 6.07) is 0. The van der Waals surface area contributed by atoms with Crippen LogP contribution in [0.2, 0.25) is 0 Å². The molecule has 0 aliphatic carbocycles. The van der Waals surface area contributed by atoms with E-state index in [2.05, 4.69) is 9.47 Å². The Morgan fingerprint density at radius 1 is 0.720 bits per heavy atom. The van der Waals surface area contributed by atoms with Crippen LogP contribution in [-0.2, 0) is 19.1 Å². The molecule has 1 atom stereocenters. The largest absolute Gasteiger partial charge is 0.469 e. The lowest BCUT2D eigenvalue weighted by Crippen LogP contribution is -2.03. The Kier molecular flexibility index (Phi) is 21.8. The van der Waals surface area contributed by atoms with Gasteiger partial charge in [-0.1, -0.05) is 51.4 Å². The highest BCUT2D eigenvalue weighted by Gasteiger charge is 2.00. The molecule has 0 aliphatic rings. The fourth-order valence-corrected chi connectivity index (χ4v) is 2.16. The molecule has 0 saturated heterocycles. The van der Waals surface area contributed by atoms with Crippen molar-refractivity contribution < 1.29 is 29.3 Å². The molecule has 0 heterocycles. The highest BCUT2D eigenvalue weighted by Crippen LogP contribution is 2.12. The van der Waals surface area contributed by atoms with Crippen LogP contribution in [0.15, 0.2) is 0 Å². The average Bonchev–Trinajstić information content (AvgIpc) is 2.62. The molecule has 2 N–H and O–H groups in total. The van der Waals surface area contributed by atoms with Crippen LogP contribution in [0.3, 0.4) is 0 Å². The second kappa shape index (κ2) is 20.9. The van der Waals surface area contributed by atoms with Gasteiger partial charge < -0.3 is 19.7 Å². The highest BCUT2D eigenvalue weighted by molar-refractivity contribution is 5.69. The summed E-state index contributed by atoms with van der Waals surface area (Å²) in [7, 11) is 2.88. The van der Waals surface area contributed by atoms with Gasteiger partial charge in [0.1, 0.15) is 0 Å². The average molecular weight is 363 g/mol. The van der Waals surface area contributed by atoms with Crippen molar-refractivity contribution >= 4 is 11.9 Å². The number of carbonyl (C=O) groups excluding carboxylic acids is 2. The third-order valence-electron chi connectivity index (χ3n) is 3.73. The number of esters is 2. The van der Waals surface area contributed by atoms with Gasteiger partial charge in [-0.2, -0.15) is 0 Å². The summed E-state index contributed by atoms with van der Waals surface area (Å²) >= 11 is 0. The van der Waals surface area contributed by atoms with E-state index in [0.29, 0.717) is 12.8 Å². The van der Waals surface area contributed by atoms with Crippen molar-refractivity contribution in [3.63, 3.8) is 0 Å². The Hall–Kier alpha value is -1.14. The molecule has 25 heavy (non-hydrogen) atoms. The lowest BCUT2D eigenvalue weighted by atomic mass is 10.1. The van der Waals surface area contributed by atoms with E-state index in [9.17, 15) is 9.59 Å². The van der Waals surface area contributed by atoms with Gasteiger partial charge in [0.15, 0.2) is 0 Å². The number of hydrogen-bond donors (Lipinski definition) is 2. The lowest BCUT2D eigenvalue weighted by molar-refractivity contribution is -0.141. The van der Waals surface area contributed by atoms with Gasteiger partial charge in [-0.15, -0.1) is 0 Å². The molecular weight excluding hydrogens is 324 g/mol. The zero-order chi connectivity index (χ0) is 19.3. The minimum atomic E-state index is -0.560. The quantitative estimate of drug-likeness (QED) is 0.363. The Morgan fingerprint density at radius 2 is 0.960 bits per heavy atom. The van der Waals surface area contributed by atoms with E-state index in [1.54, 1.807) is 0 Å². The molecule has 1 unspecified atom stereocenters. The molecule has 6 heteroatoms. The van der Waals surface area contributed by atoms with Crippen LogP contribution in [0, 0.1) is 0 Å². The second-order valence-corrected chi connectivity index (χ2v) is 6.22. The fraction of sp³-hybridized carbons (Fsp3) is 0.895. The summed E-state index contributed by atoms with van der Waals surface area (Å²) in [4.78, 5) is 21.8. The molecule has 150 valence electrons. The number of aliphatic hydroxyl groups is 2. The first-order valence-corrected chi connectivity index (χ1v) is 9.40. The summed E-state index contributed by atoms with van der Waals surface area (Å²) in [5.41, 5.74) is 0. The van der Waals surface area contributed by atoms with Crippen molar-refractivity contribution in [1.82, 2.24) is 0 Å². The van der Waals surface area contributed by atoms with Crippen LogP contribution < -0.4 is 0 Å². The number of rotatable bonds is 14. The molecule has 0 aromatic carbocycles. The van der Waals surface area contributed by atoms with E-state index in [1.165, 1.54) is 59.7 Å². The molecule has 0 amide bonds. The van der Waals surface area contributed by atoms with Crippen LogP contribution in [-0.4, -0.2) is 49.1 Å². The van der Waals surface area contributed by atoms with Crippen molar-refractivity contribution in [3.05, 3.63) is 0 Å². The van der Waals surface area contributed by atoms with Crippen LogP contribution in [0.1, 0.15) is 84.0 Å². The SMILES string of the molecule is CC(O)CO.COC(=O)CCCCCCCCCCCCC(=O)OC. The normalized spacial score (nSPS) is 11.2. The Morgan fingerprint density at radius 3 is 1.16 bits per heavy atom. The molecule has 0 radical (unpaired) electrons. The van der Waals surface area contributed by atoms with Crippen molar-refractivity contribution in [2.45, 2.75) is 90.1 Å². The van der Waals surface area contributed by atoms with Gasteiger partial charge in [-0.3, -0.25) is 9.59 Å². The van der Waals surface area contributed by atoms with Crippen molar-refractivity contribution in [2.75, 3.05) is 20.8 Å². The standard InChI is InChI=1S/C16H30O4.C3H8O2/c1-19-15(17)13-11-9-7-5-3-4-6-8-10-12-14-16(18)20-2;1-3(5)2-4/h3-14H2,1-2H3;3-5H,2H2,1H3. The molecule has 0 saturated carbocycles. The topological polar surface area (TPSA) is 93.1 Å². The van der Waals surface area contributed by atoms with Gasteiger partial charge in [0, 0.05) is 12.8 Å². The molecule has 0 aromatic heterocycles. The summed E-state index contributed by atoms with van der Waals surface area (Å²) in [6.45, 7) is 1.39. The maximum atomic E-state index is 10.9. The minimum absolute atomic E-state index is 0.100. The predicted octanol–water partition coefficient (Wildman–Crippen LogP) is 3.37. The van der Waals surface area contributed by atoms with Gasteiger partial charge in [-0.25, -0.2) is 0 Å². The monoisotopic (exact) mass is 362 g/mol. The first-order chi connectivity index (χ1) is 12.0. The zero-order valence-electron chi connectivity index (χ0n) is 16.3. The van der Waals surface area contributed by atoms with Gasteiger partial charge in [0.2, 0.25) is 0 Å². The molecule has 0 aliphatic heterocycles. The second-order valence-electron chi connectivity index (χ2n) is 6.22. The highest BCUT2D eigenvalue weighted by atomic mass is 16.5. The summed E-state index contributed by atoms with van der Waals surface area (Å²) in [5, 5.41) is 16.0. The van der Waals surface area contributed by atoms with Crippen LogP contribution >= 0.6 is 0 Å². The predicted molar refractivity (Wildman–Crippen MR) is 98.2 cm³/mol. The maximum Gasteiger partial charge on any atom is 0.305 e. The summed E-state index contributed by atoms with van der Waals surface area (Å²) < 4.78 is 9.19. The number of unbranched alkanes of at least 4 members (excludes halogenated alkanes) is 9. The van der Waals surface area contributed by atoms with E-state index in [-0.39, 0.29) is 18.5 Å². The number of carbonyl (C=O) groups is 2. The van der Waals surface area contributed by atoms with Gasteiger partial charge >= 0.3 is 11.9 Å². The third kappa shape index (κ3) is 25.2. The van der Waals surface area contributed by atoms with E-state index < -0.39 is 6.10 Å². The summed E-state index contributed by atoms with van der Waals surface area (Å²) in [6.07, 6.45) is 12.1. The molecule has 0 aromatic rings. The zero-order valence-corrected chi connectivity index (χ0v) is 16.3. The van der Waals surface area contributed by atoms with Crippen LogP contribution in [0.5, 0.6) is 0 Å². The minimum Gasteiger partial charge on any atom is -0.469 e. The maximum absolute atomic E-state index is 10.9. The lowest BCUT2D eigenvalue weighted by Gasteiger charge is -2.02. The molecule has 0 fully saturated rings. The van der Waals surface area contributed by atoms with Crippen molar-refractivity contribution in [1.29, 1.82) is 0 Å².